The molecule has 690 valence electrons. The minimum atomic E-state index is -4.88. The number of hydrogen-bond donors (Lipinski definition) is 1. The van der Waals surface area contributed by atoms with E-state index < -0.39 is 30.3 Å². The van der Waals surface area contributed by atoms with Crippen LogP contribution in [0.25, 0.3) is 142 Å². The third-order valence-corrected chi connectivity index (χ3v) is 17.0. The highest BCUT2D eigenvalue weighted by atomic mass is 35.5. The van der Waals surface area contributed by atoms with E-state index in [1.54, 1.807) is 98.6 Å². The molecular weight excluding hydrogens is 1820 g/mol. The second-order valence-electron chi connectivity index (χ2n) is 28.0. The van der Waals surface area contributed by atoms with Crippen LogP contribution >= 0.6 is 11.6 Å². The van der Waals surface area contributed by atoms with Crippen molar-refractivity contribution in [3.8, 4) is 97.5 Å². The topological polar surface area (TPSA) is 476 Å². The standard InChI is InChI=1S/C19H20N4O.C14H10F3N5O2.C14H10F3N5O.C14H10N6O.C13H11N5O2.C12H6ClF3N6O2/c1-14(2)24-18-11-15(3)10-16(12-18)19-21-13-23(22-19)9-7-17-6-4-5-8-20-17;1-9-4-10(6-11(5-9)24-14(15,16)17)13-18-7-22(21-13)3-2-12-20-19-8-23-12;1-9-4-10(6-11(5-9)14(15,16)17)13-18-7-22(21-13)3-2-12-20-19-8-23-12;1-10-4-11(7-15)6-12(5-10)14-16-8-20(19-14)3-2-13-18-17-9-21-13;1-9-4-10(6-11(19)5-9)13-14-7-18(17-13)3-2-12-16-15-8-20-12;13-8-3-7(4-10(19-8)24-12(14,15)16)11-17-5-22(21-11)2-1-9-20-18-6-23-9/h4-14H,1-3H3;2-8H,1H3;2-8H,1H3;2-6,8-9H,1H3;2-8,19H,1H3;1-6H/b9-7-;4*3-2-;2-1-. The molecule has 40 nitrogen and oxygen atoms in total. The van der Waals surface area contributed by atoms with Crippen LogP contribution in [0, 0.1) is 45.9 Å². The molecule has 50 heteroatoms. The maximum absolute atomic E-state index is 12.9. The molecule has 0 spiro atoms. The van der Waals surface area contributed by atoms with Crippen molar-refractivity contribution < 1.29 is 80.9 Å². The molecule has 18 aromatic rings. The first-order valence-corrected chi connectivity index (χ1v) is 39.5. The van der Waals surface area contributed by atoms with Gasteiger partial charge in [0.25, 0.3) is 0 Å². The summed E-state index contributed by atoms with van der Waals surface area (Å²) >= 11 is 5.70. The van der Waals surface area contributed by atoms with Gasteiger partial charge in [0, 0.05) is 113 Å². The van der Waals surface area contributed by atoms with Gasteiger partial charge >= 0.3 is 18.9 Å². The van der Waals surface area contributed by atoms with E-state index in [1.807, 2.05) is 95.4 Å². The first-order valence-electron chi connectivity index (χ1n) is 39.2. The molecule has 0 radical (unpaired) electrons. The van der Waals surface area contributed by atoms with E-state index in [4.69, 9.17) is 43.7 Å². The molecule has 1 N–H and O–H groups in total. The second kappa shape index (κ2) is 44.4. The quantitative estimate of drug-likeness (QED) is 0.0486. The molecule has 0 unspecified atom stereocenters. The van der Waals surface area contributed by atoms with Gasteiger partial charge in [-0.2, -0.15) is 18.4 Å². The van der Waals surface area contributed by atoms with Gasteiger partial charge in [-0.1, -0.05) is 17.7 Å². The molecule has 13 heterocycles. The number of phenols is 1. The molecule has 0 aliphatic carbocycles. The molecule has 0 saturated carbocycles. The van der Waals surface area contributed by atoms with Crippen molar-refractivity contribution in [1.82, 2.24) is 150 Å². The molecule has 13 aromatic heterocycles. The highest BCUT2D eigenvalue weighted by Gasteiger charge is 2.34. The summed E-state index contributed by atoms with van der Waals surface area (Å²) in [4.78, 5) is 32.5. The van der Waals surface area contributed by atoms with Gasteiger partial charge in [-0.05, 0) is 192 Å². The van der Waals surface area contributed by atoms with E-state index in [0.717, 1.165) is 69.4 Å². The Hall–Kier alpha value is -18.3. The second-order valence-corrected chi connectivity index (χ2v) is 28.4. The van der Waals surface area contributed by atoms with Gasteiger partial charge in [0.15, 0.2) is 34.9 Å². The van der Waals surface area contributed by atoms with Crippen LogP contribution in [0.5, 0.6) is 23.1 Å². The van der Waals surface area contributed by atoms with E-state index in [-0.39, 0.29) is 63.5 Å². The lowest BCUT2D eigenvalue weighted by atomic mass is 10.1. The molecule has 18 rings (SSSR count). The van der Waals surface area contributed by atoms with Crippen LogP contribution in [0.15, 0.2) is 220 Å². The molecule has 5 aromatic carbocycles. The molecule has 0 aliphatic heterocycles. The number of pyridine rings is 2. The first-order chi connectivity index (χ1) is 65.2. The van der Waals surface area contributed by atoms with Crippen molar-refractivity contribution in [2.75, 3.05) is 0 Å². The van der Waals surface area contributed by atoms with Gasteiger partial charge in [0.2, 0.25) is 67.3 Å². The number of aryl methyl sites for hydroxylation is 5. The van der Waals surface area contributed by atoms with Crippen LogP contribution in [0.1, 0.15) is 87.9 Å². The number of halogens is 10. The Morgan fingerprint density at radius 2 is 0.735 bits per heavy atom. The van der Waals surface area contributed by atoms with Crippen molar-refractivity contribution >= 4 is 85.3 Å². The van der Waals surface area contributed by atoms with Crippen LogP contribution in [-0.4, -0.2) is 173 Å². The van der Waals surface area contributed by atoms with E-state index >= 15 is 0 Å². The number of alkyl halides is 9. The maximum Gasteiger partial charge on any atom is 0.574 e. The zero-order valence-corrected chi connectivity index (χ0v) is 72.1. The highest BCUT2D eigenvalue weighted by molar-refractivity contribution is 6.29. The number of benzene rings is 5. The van der Waals surface area contributed by atoms with Gasteiger partial charge in [0.05, 0.1) is 29.0 Å². The summed E-state index contributed by atoms with van der Waals surface area (Å²) in [6, 6.07) is 34.8. The van der Waals surface area contributed by atoms with Gasteiger partial charge in [-0.3, -0.25) is 4.98 Å². The molecule has 0 saturated heterocycles. The lowest BCUT2D eigenvalue weighted by Crippen LogP contribution is -2.18. The predicted octanol–water partition coefficient (Wildman–Crippen LogP) is 17.5. The van der Waals surface area contributed by atoms with Crippen LogP contribution in [0.2, 0.25) is 5.15 Å². The molecule has 0 bridgehead atoms. The lowest BCUT2D eigenvalue weighted by Gasteiger charge is -2.11. The fraction of sp³-hybridized carbons (Fsp3) is 0.128. The Kier molecular flexibility index (Phi) is 31.1. The fourth-order valence-corrected chi connectivity index (χ4v) is 11.7. The van der Waals surface area contributed by atoms with Crippen LogP contribution < -0.4 is 14.2 Å². The largest absolute Gasteiger partial charge is 0.574 e. The fourth-order valence-electron chi connectivity index (χ4n) is 11.5. The summed E-state index contributed by atoms with van der Waals surface area (Å²) < 4.78 is 159. The number of nitriles is 1. The van der Waals surface area contributed by atoms with Gasteiger partial charge in [-0.25, -0.2) is 63.0 Å². The van der Waals surface area contributed by atoms with Gasteiger partial charge in [-0.15, -0.1) is 108 Å². The van der Waals surface area contributed by atoms with E-state index in [2.05, 4.69) is 143 Å². The van der Waals surface area contributed by atoms with Gasteiger partial charge < -0.3 is 41.4 Å². The summed E-state index contributed by atoms with van der Waals surface area (Å²) in [6.45, 7) is 13.1. The van der Waals surface area contributed by atoms with Gasteiger partial charge in [0.1, 0.15) is 60.4 Å². The summed E-state index contributed by atoms with van der Waals surface area (Å²) in [5.41, 5.74) is 8.24. The number of ether oxygens (including phenoxy) is 3. The van der Waals surface area contributed by atoms with E-state index in [1.165, 1.54) is 123 Å². The number of aromatic hydroxyl groups is 1. The van der Waals surface area contributed by atoms with Crippen molar-refractivity contribution in [2.24, 2.45) is 0 Å². The predicted molar refractivity (Wildman–Crippen MR) is 467 cm³/mol. The Morgan fingerprint density at radius 1 is 0.390 bits per heavy atom. The summed E-state index contributed by atoms with van der Waals surface area (Å²) in [5.74, 6) is 3.88. The summed E-state index contributed by atoms with van der Waals surface area (Å²) in [5, 5.41) is 79.9. The monoisotopic (exact) mass is 1880 g/mol. The van der Waals surface area contributed by atoms with E-state index in [0.29, 0.717) is 57.1 Å². The normalized spacial score (nSPS) is 11.6. The smallest absolute Gasteiger partial charge is 0.508 e. The zero-order chi connectivity index (χ0) is 96.3. The minimum Gasteiger partial charge on any atom is -0.508 e. The van der Waals surface area contributed by atoms with Crippen molar-refractivity contribution in [2.45, 2.75) is 73.5 Å². The van der Waals surface area contributed by atoms with Crippen molar-refractivity contribution in [3.05, 3.63) is 277 Å². The van der Waals surface area contributed by atoms with Crippen LogP contribution in [0.4, 0.5) is 39.5 Å². The molecular formula is C86H67ClF9N31O9. The number of rotatable bonds is 22. The highest BCUT2D eigenvalue weighted by Crippen LogP contribution is 2.35. The Balaban J connectivity index is 0.000000138. The average Bonchev–Trinajstić information content (AvgIpc) is 1.34. The Morgan fingerprint density at radius 3 is 1.09 bits per heavy atom. The Labute approximate surface area is 765 Å². The summed E-state index contributed by atoms with van der Waals surface area (Å²) in [6.07, 6.45) is 22.0. The molecule has 0 amide bonds. The molecule has 136 heavy (non-hydrogen) atoms. The Bertz CT molecular complexity index is 7000. The first kappa shape index (κ1) is 95.3. The number of aromatic nitrogens is 30. The SMILES string of the molecule is Cc1cc(-c2ncn(/C=C\c3nnco3)n2)cc(C(F)(F)F)c1.Cc1cc(C#N)cc(-c2ncn(/C=C\c3nnco3)n2)c1.Cc1cc(O)cc(-c2ncn(/C=C\c3nnco3)n2)c1.Cc1cc(OC(C)C)cc(-c2ncn(/C=C\c3ccccn3)n2)c1.Cc1cc(OC(F)(F)F)cc(-c2ncn(/C=C\c3nnco3)n2)c1.FC(F)(F)Oc1cc(-c2ncn(/C=C\c3nnco3)n2)cc(Cl)n1. The third-order valence-electron chi connectivity index (χ3n) is 16.8. The third kappa shape index (κ3) is 29.6. The molecule has 0 atom stereocenters. The van der Waals surface area contributed by atoms with E-state index in [9.17, 15) is 44.6 Å². The number of hydrogen-bond acceptors (Lipinski definition) is 34. The average molecular weight is 1890 g/mol. The molecule has 0 aliphatic rings. The van der Waals surface area contributed by atoms with Crippen molar-refractivity contribution in [1.29, 1.82) is 5.26 Å². The summed E-state index contributed by atoms with van der Waals surface area (Å²) in [7, 11) is 0. The number of nitrogens with zero attached hydrogens (tertiary/aromatic N) is 31. The maximum atomic E-state index is 12.9. The zero-order valence-electron chi connectivity index (χ0n) is 71.3. The van der Waals surface area contributed by atoms with Crippen LogP contribution in [0.3, 0.4) is 0 Å². The number of phenolic OH excluding ortho intramolecular Hbond substituents is 1. The minimum absolute atomic E-state index is 0.126. The molecule has 0 fully saturated rings. The van der Waals surface area contributed by atoms with Crippen LogP contribution in [-0.2, 0) is 6.18 Å². The lowest BCUT2D eigenvalue weighted by molar-refractivity contribution is -0.276. The van der Waals surface area contributed by atoms with Crippen molar-refractivity contribution in [3.63, 3.8) is 0 Å².